The molecule has 0 unspecified atom stereocenters. The van der Waals surface area contributed by atoms with Crippen molar-refractivity contribution in [1.29, 1.82) is 0 Å². The van der Waals surface area contributed by atoms with Gasteiger partial charge in [-0.2, -0.15) is 0 Å². The summed E-state index contributed by atoms with van der Waals surface area (Å²) in [6.45, 7) is 4.74. The summed E-state index contributed by atoms with van der Waals surface area (Å²) in [5.41, 5.74) is 1.22. The highest BCUT2D eigenvalue weighted by atomic mass is 35.5. The Bertz CT molecular complexity index is 864. The standard InChI is InChI=1S/C17H22ClN5O4S/c1-4-9-12(16(25)26)28-17(21-9)23-6-5-10(11(7-23)27-3)20-15(24)14-19-8(2)13(18)22-14/h10-11H,4-7H2,1-3H3,(H,19,22)(H,20,24)(H,25,26)/t10-,11+/m1/s1. The van der Waals surface area contributed by atoms with E-state index in [1.807, 2.05) is 11.8 Å². The number of carbonyl (C=O) groups is 2. The third-order valence-electron chi connectivity index (χ3n) is 4.70. The zero-order valence-corrected chi connectivity index (χ0v) is 17.4. The van der Waals surface area contributed by atoms with Gasteiger partial charge in [0.1, 0.15) is 4.88 Å². The van der Waals surface area contributed by atoms with Gasteiger partial charge >= 0.3 is 5.97 Å². The van der Waals surface area contributed by atoms with Crippen LogP contribution < -0.4 is 10.2 Å². The van der Waals surface area contributed by atoms with Gasteiger partial charge < -0.3 is 25.0 Å². The molecular weight excluding hydrogens is 406 g/mol. The fraction of sp³-hybridized carbons (Fsp3) is 0.529. The number of piperidine rings is 1. The molecule has 2 aromatic heterocycles. The molecule has 1 aliphatic heterocycles. The molecule has 0 spiro atoms. The van der Waals surface area contributed by atoms with E-state index in [2.05, 4.69) is 20.3 Å². The predicted octanol–water partition coefficient (Wildman–Crippen LogP) is 2.11. The zero-order chi connectivity index (χ0) is 20.4. The molecule has 0 radical (unpaired) electrons. The second-order valence-corrected chi connectivity index (χ2v) is 7.86. The van der Waals surface area contributed by atoms with Crippen LogP contribution in [0.2, 0.25) is 5.15 Å². The number of halogens is 1. The lowest BCUT2D eigenvalue weighted by Crippen LogP contribution is -2.55. The van der Waals surface area contributed by atoms with E-state index in [1.54, 1.807) is 14.0 Å². The number of imidazole rings is 1. The average molecular weight is 428 g/mol. The number of aromatic carboxylic acids is 1. The minimum Gasteiger partial charge on any atom is -0.477 e. The molecule has 3 heterocycles. The van der Waals surface area contributed by atoms with Crippen LogP contribution >= 0.6 is 22.9 Å². The van der Waals surface area contributed by atoms with E-state index < -0.39 is 5.97 Å². The van der Waals surface area contributed by atoms with Crippen LogP contribution in [0.15, 0.2) is 0 Å². The molecule has 1 saturated heterocycles. The van der Waals surface area contributed by atoms with Crippen molar-refractivity contribution >= 4 is 39.9 Å². The molecule has 3 N–H and O–H groups in total. The second-order valence-electron chi connectivity index (χ2n) is 6.52. The van der Waals surface area contributed by atoms with Crippen molar-refractivity contribution in [2.24, 2.45) is 0 Å². The number of anilines is 1. The normalized spacial score (nSPS) is 19.6. The molecule has 0 aliphatic carbocycles. The molecule has 2 aromatic rings. The minimum absolute atomic E-state index is 0.165. The highest BCUT2D eigenvalue weighted by Crippen LogP contribution is 2.29. The maximum absolute atomic E-state index is 12.4. The van der Waals surface area contributed by atoms with Crippen LogP contribution in [0, 0.1) is 6.92 Å². The smallest absolute Gasteiger partial charge is 0.347 e. The number of amides is 1. The number of thiazole rings is 1. The van der Waals surface area contributed by atoms with Crippen LogP contribution in [0.3, 0.4) is 0 Å². The summed E-state index contributed by atoms with van der Waals surface area (Å²) in [6, 6.07) is -0.206. The van der Waals surface area contributed by atoms with Crippen molar-refractivity contribution in [2.45, 2.75) is 38.8 Å². The lowest BCUT2D eigenvalue weighted by molar-refractivity contribution is 0.0538. The number of ether oxygens (including phenoxy) is 1. The Labute approximate surface area is 171 Å². The van der Waals surface area contributed by atoms with Crippen LogP contribution in [0.25, 0.3) is 0 Å². The number of rotatable bonds is 6. The molecule has 9 nitrogen and oxygen atoms in total. The topological polar surface area (TPSA) is 120 Å². The molecule has 0 saturated carbocycles. The Morgan fingerprint density at radius 2 is 2.21 bits per heavy atom. The van der Waals surface area contributed by atoms with E-state index in [1.165, 1.54) is 11.3 Å². The third kappa shape index (κ3) is 4.13. The fourth-order valence-electron chi connectivity index (χ4n) is 3.16. The number of aromatic amines is 1. The third-order valence-corrected chi connectivity index (χ3v) is 6.22. The van der Waals surface area contributed by atoms with Crippen LogP contribution in [0.5, 0.6) is 0 Å². The number of nitrogens with zero attached hydrogens (tertiary/aromatic N) is 3. The van der Waals surface area contributed by atoms with Gasteiger partial charge in [0.2, 0.25) is 0 Å². The van der Waals surface area contributed by atoms with Gasteiger partial charge in [0.05, 0.1) is 23.5 Å². The second kappa shape index (κ2) is 8.46. The van der Waals surface area contributed by atoms with Crippen molar-refractivity contribution in [2.75, 3.05) is 25.1 Å². The molecule has 0 bridgehead atoms. The van der Waals surface area contributed by atoms with Crippen molar-refractivity contribution in [1.82, 2.24) is 20.3 Å². The van der Waals surface area contributed by atoms with Gasteiger partial charge in [0.15, 0.2) is 16.1 Å². The van der Waals surface area contributed by atoms with E-state index in [4.69, 9.17) is 16.3 Å². The number of methoxy groups -OCH3 is 1. The van der Waals surface area contributed by atoms with Crippen LogP contribution in [0.4, 0.5) is 5.13 Å². The fourth-order valence-corrected chi connectivity index (χ4v) is 4.32. The first kappa shape index (κ1) is 20.6. The van der Waals surface area contributed by atoms with E-state index in [0.29, 0.717) is 42.5 Å². The number of H-pyrrole nitrogens is 1. The van der Waals surface area contributed by atoms with E-state index in [-0.39, 0.29) is 33.9 Å². The van der Waals surface area contributed by atoms with Gasteiger partial charge in [0.25, 0.3) is 5.91 Å². The summed E-state index contributed by atoms with van der Waals surface area (Å²) in [5.74, 6) is -1.14. The van der Waals surface area contributed by atoms with Crippen molar-refractivity contribution < 1.29 is 19.4 Å². The number of hydrogen-bond acceptors (Lipinski definition) is 7. The first-order valence-corrected chi connectivity index (χ1v) is 10.1. The molecule has 1 amide bonds. The lowest BCUT2D eigenvalue weighted by atomic mass is 10.0. The summed E-state index contributed by atoms with van der Waals surface area (Å²) in [7, 11) is 1.59. The molecule has 3 rings (SSSR count). The van der Waals surface area contributed by atoms with E-state index in [9.17, 15) is 14.7 Å². The maximum Gasteiger partial charge on any atom is 0.347 e. The number of nitrogens with one attached hydrogen (secondary N) is 2. The predicted molar refractivity (Wildman–Crippen MR) is 106 cm³/mol. The monoisotopic (exact) mass is 427 g/mol. The maximum atomic E-state index is 12.4. The zero-order valence-electron chi connectivity index (χ0n) is 15.8. The molecule has 0 aromatic carbocycles. The van der Waals surface area contributed by atoms with E-state index >= 15 is 0 Å². The molecule has 2 atom stereocenters. The number of aryl methyl sites for hydroxylation is 2. The molecule has 28 heavy (non-hydrogen) atoms. The van der Waals surface area contributed by atoms with Gasteiger partial charge in [-0.05, 0) is 19.8 Å². The van der Waals surface area contributed by atoms with Gasteiger partial charge in [-0.25, -0.2) is 14.8 Å². The number of carboxylic acids is 1. The summed E-state index contributed by atoms with van der Waals surface area (Å²) >= 11 is 7.08. The molecule has 11 heteroatoms. The number of carbonyl (C=O) groups excluding carboxylic acids is 1. The highest BCUT2D eigenvalue weighted by molar-refractivity contribution is 7.17. The SMILES string of the molecule is CCc1nc(N2CC[C@@H](NC(=O)c3nc(Cl)c(C)[nH]3)[C@@H](OC)C2)sc1C(=O)O. The summed E-state index contributed by atoms with van der Waals surface area (Å²) in [5, 5.41) is 13.2. The molecule has 1 aliphatic rings. The molecular formula is C17H22ClN5O4S. The summed E-state index contributed by atoms with van der Waals surface area (Å²) in [6.07, 6.45) is 0.913. The number of carboxylic acid groups (broad SMARTS) is 1. The first-order chi connectivity index (χ1) is 13.3. The number of aromatic nitrogens is 3. The van der Waals surface area contributed by atoms with Crippen molar-refractivity contribution in [3.63, 3.8) is 0 Å². The Morgan fingerprint density at radius 1 is 1.46 bits per heavy atom. The largest absolute Gasteiger partial charge is 0.477 e. The highest BCUT2D eigenvalue weighted by Gasteiger charge is 2.33. The summed E-state index contributed by atoms with van der Waals surface area (Å²) in [4.78, 5) is 37.5. The van der Waals surface area contributed by atoms with Gasteiger partial charge in [0, 0.05) is 20.2 Å². The Morgan fingerprint density at radius 3 is 2.75 bits per heavy atom. The number of hydrogen-bond donors (Lipinski definition) is 3. The van der Waals surface area contributed by atoms with Crippen LogP contribution in [-0.2, 0) is 11.2 Å². The van der Waals surface area contributed by atoms with Gasteiger partial charge in [-0.15, -0.1) is 0 Å². The molecule has 152 valence electrons. The quantitative estimate of drug-likeness (QED) is 0.645. The van der Waals surface area contributed by atoms with E-state index in [0.717, 1.165) is 0 Å². The minimum atomic E-state index is -0.960. The average Bonchev–Trinajstić information content (AvgIpc) is 3.26. The Hall–Kier alpha value is -2.17. The summed E-state index contributed by atoms with van der Waals surface area (Å²) < 4.78 is 5.58. The van der Waals surface area contributed by atoms with Crippen molar-refractivity contribution in [3.05, 3.63) is 27.2 Å². The Kier molecular flexibility index (Phi) is 6.21. The van der Waals surface area contributed by atoms with Crippen LogP contribution in [-0.4, -0.2) is 64.3 Å². The molecule has 1 fully saturated rings. The van der Waals surface area contributed by atoms with Crippen molar-refractivity contribution in [3.8, 4) is 0 Å². The Balaban J connectivity index is 1.70. The lowest BCUT2D eigenvalue weighted by Gasteiger charge is -2.37. The van der Waals surface area contributed by atoms with Crippen LogP contribution in [0.1, 0.15) is 45.0 Å². The van der Waals surface area contributed by atoms with Gasteiger partial charge in [-0.1, -0.05) is 29.9 Å². The van der Waals surface area contributed by atoms with Gasteiger partial charge in [-0.3, -0.25) is 4.79 Å². The first-order valence-electron chi connectivity index (χ1n) is 8.87.